The van der Waals surface area contributed by atoms with Crippen LogP contribution in [0.5, 0.6) is 0 Å². The topological polar surface area (TPSA) is 53.4 Å². The van der Waals surface area contributed by atoms with E-state index in [1.54, 1.807) is 18.5 Å². The van der Waals surface area contributed by atoms with Gasteiger partial charge in [-0.15, -0.1) is 0 Å². The van der Waals surface area contributed by atoms with Crippen LogP contribution in [-0.4, -0.2) is 46.8 Å². The molecule has 0 spiro atoms. The van der Waals surface area contributed by atoms with E-state index in [0.29, 0.717) is 23.1 Å². The molecule has 0 unspecified atom stereocenters. The van der Waals surface area contributed by atoms with Crippen molar-refractivity contribution < 1.29 is 4.79 Å². The summed E-state index contributed by atoms with van der Waals surface area (Å²) in [5, 5.41) is 3.01. The van der Waals surface area contributed by atoms with E-state index in [-0.39, 0.29) is 6.03 Å². The number of carbonyl (C=O) groups is 1. The first-order valence-electron chi connectivity index (χ1n) is 6.88. The fraction of sp³-hybridized carbons (Fsp3) is 0.286. The molecule has 0 bridgehead atoms. The monoisotopic (exact) mass is 339 g/mol. The smallest absolute Gasteiger partial charge is 0.341 e. The van der Waals surface area contributed by atoms with Crippen molar-refractivity contribution in [2.24, 2.45) is 0 Å². The number of imidazole rings is 1. The summed E-state index contributed by atoms with van der Waals surface area (Å²) in [5.41, 5.74) is 3.78. The highest BCUT2D eigenvalue weighted by molar-refractivity contribution is 6.43. The number of nitrogens with one attached hydrogen (secondary N) is 1. The molecule has 1 N–H and O–H groups in total. The number of rotatable bonds is 2. The molecule has 0 radical (unpaired) electrons. The van der Waals surface area contributed by atoms with Gasteiger partial charge in [0.25, 0.3) is 0 Å². The van der Waals surface area contributed by atoms with E-state index in [4.69, 9.17) is 23.2 Å². The van der Waals surface area contributed by atoms with Gasteiger partial charge in [-0.25, -0.2) is 14.8 Å². The van der Waals surface area contributed by atoms with E-state index in [1.165, 1.54) is 10.9 Å². The van der Waals surface area contributed by atoms with Gasteiger partial charge in [0.1, 0.15) is 6.33 Å². The van der Waals surface area contributed by atoms with Crippen LogP contribution in [0, 0.1) is 0 Å². The summed E-state index contributed by atoms with van der Waals surface area (Å²) in [6.45, 7) is 2.90. The lowest BCUT2D eigenvalue weighted by Crippen LogP contribution is -2.54. The highest BCUT2D eigenvalue weighted by Crippen LogP contribution is 2.32. The zero-order chi connectivity index (χ0) is 15.5. The van der Waals surface area contributed by atoms with E-state index in [2.05, 4.69) is 15.3 Å². The number of anilines is 1. The summed E-state index contributed by atoms with van der Waals surface area (Å²) in [6, 6.07) is 5.39. The number of piperazine rings is 1. The lowest BCUT2D eigenvalue weighted by atomic mass is 10.2. The summed E-state index contributed by atoms with van der Waals surface area (Å²) in [5.74, 6) is 0. The highest BCUT2D eigenvalue weighted by Gasteiger charge is 2.21. The average Bonchev–Trinajstić information content (AvgIpc) is 3.05. The Morgan fingerprint density at radius 3 is 2.64 bits per heavy atom. The van der Waals surface area contributed by atoms with Crippen molar-refractivity contribution in [1.82, 2.24) is 20.0 Å². The molecule has 1 fully saturated rings. The maximum Gasteiger partial charge on any atom is 0.341 e. The summed E-state index contributed by atoms with van der Waals surface area (Å²) in [6.07, 6.45) is 4.65. The van der Waals surface area contributed by atoms with Crippen molar-refractivity contribution in [2.45, 2.75) is 0 Å². The maximum absolute atomic E-state index is 11.9. The molecule has 1 aromatic carbocycles. The van der Waals surface area contributed by atoms with Gasteiger partial charge in [0, 0.05) is 38.6 Å². The fourth-order valence-electron chi connectivity index (χ4n) is 2.37. The Hall–Kier alpha value is -1.76. The number of benzene rings is 1. The quantitative estimate of drug-likeness (QED) is 0.913. The van der Waals surface area contributed by atoms with E-state index in [9.17, 15) is 4.79 Å². The molecule has 6 nitrogen and oxygen atoms in total. The molecule has 116 valence electrons. The van der Waals surface area contributed by atoms with Crippen LogP contribution in [0.2, 0.25) is 10.0 Å². The number of halogens is 2. The molecule has 8 heteroatoms. The highest BCUT2D eigenvalue weighted by atomic mass is 35.5. The molecule has 1 amide bonds. The summed E-state index contributed by atoms with van der Waals surface area (Å²) in [4.78, 5) is 18.0. The van der Waals surface area contributed by atoms with Gasteiger partial charge < -0.3 is 4.90 Å². The van der Waals surface area contributed by atoms with Crippen LogP contribution in [0.4, 0.5) is 10.5 Å². The number of amides is 1. The van der Waals surface area contributed by atoms with Gasteiger partial charge in [-0.3, -0.25) is 9.99 Å². The molecule has 3 rings (SSSR count). The maximum atomic E-state index is 11.9. The summed E-state index contributed by atoms with van der Waals surface area (Å²) < 4.78 is 1.40. The van der Waals surface area contributed by atoms with Gasteiger partial charge in [0.15, 0.2) is 0 Å². The number of carbonyl (C=O) groups excluding carboxylic acids is 1. The second-order valence-electron chi connectivity index (χ2n) is 4.93. The van der Waals surface area contributed by atoms with Crippen LogP contribution in [0.1, 0.15) is 0 Å². The molecule has 1 aliphatic rings. The minimum atomic E-state index is -0.216. The van der Waals surface area contributed by atoms with Crippen LogP contribution in [0.15, 0.2) is 36.9 Å². The molecule has 22 heavy (non-hydrogen) atoms. The second-order valence-corrected chi connectivity index (χ2v) is 5.72. The largest absolute Gasteiger partial charge is 0.368 e. The van der Waals surface area contributed by atoms with Gasteiger partial charge in [-0.2, -0.15) is 0 Å². The molecule has 1 aromatic heterocycles. The molecular formula is C14H15Cl2N5O. The normalized spacial score (nSPS) is 15.8. The molecule has 1 aliphatic heterocycles. The predicted molar refractivity (Wildman–Crippen MR) is 86.4 cm³/mol. The third-order valence-electron chi connectivity index (χ3n) is 3.54. The minimum Gasteiger partial charge on any atom is -0.368 e. The first-order chi connectivity index (χ1) is 10.6. The standard InChI is InChI=1S/C14H15Cl2N5O/c15-11-2-1-3-12(13(11)16)19-6-8-21(9-7-19)18-14(22)20-5-4-17-10-20/h1-5,10H,6-9H2,(H,18,22). The first kappa shape index (κ1) is 15.1. The Bertz CT molecular complexity index is 653. The molecule has 1 saturated heterocycles. The zero-order valence-corrected chi connectivity index (χ0v) is 13.3. The van der Waals surface area contributed by atoms with Crippen LogP contribution < -0.4 is 10.3 Å². The SMILES string of the molecule is O=C(NN1CCN(c2cccc(Cl)c2Cl)CC1)n1ccnc1. The summed E-state index contributed by atoms with van der Waals surface area (Å²) >= 11 is 12.3. The molecule has 0 aliphatic carbocycles. The van der Waals surface area contributed by atoms with Gasteiger partial charge >= 0.3 is 6.03 Å². The van der Waals surface area contributed by atoms with Crippen molar-refractivity contribution in [3.63, 3.8) is 0 Å². The number of hydrazine groups is 1. The fourth-order valence-corrected chi connectivity index (χ4v) is 2.78. The van der Waals surface area contributed by atoms with Crippen LogP contribution in [0.25, 0.3) is 0 Å². The number of hydrogen-bond donors (Lipinski definition) is 1. The Labute approximate surface area is 138 Å². The minimum absolute atomic E-state index is 0.216. The van der Waals surface area contributed by atoms with Crippen molar-refractivity contribution in [3.05, 3.63) is 47.0 Å². The van der Waals surface area contributed by atoms with Crippen LogP contribution in [0.3, 0.4) is 0 Å². The van der Waals surface area contributed by atoms with Crippen LogP contribution >= 0.6 is 23.2 Å². The average molecular weight is 340 g/mol. The van der Waals surface area contributed by atoms with Crippen molar-refractivity contribution >= 4 is 34.9 Å². The lowest BCUT2D eigenvalue weighted by molar-refractivity contribution is 0.170. The number of nitrogens with zero attached hydrogens (tertiary/aromatic N) is 4. The first-order valence-corrected chi connectivity index (χ1v) is 7.63. The third kappa shape index (κ3) is 3.19. The van der Waals surface area contributed by atoms with Crippen molar-refractivity contribution in [2.75, 3.05) is 31.1 Å². The predicted octanol–water partition coefficient (Wildman–Crippen LogP) is 2.48. The molecule has 0 saturated carbocycles. The van der Waals surface area contributed by atoms with Crippen molar-refractivity contribution in [3.8, 4) is 0 Å². The molecule has 2 heterocycles. The molecule has 0 atom stereocenters. The van der Waals surface area contributed by atoms with E-state index in [0.717, 1.165) is 18.8 Å². The lowest BCUT2D eigenvalue weighted by Gasteiger charge is -2.36. The van der Waals surface area contributed by atoms with E-state index >= 15 is 0 Å². The third-order valence-corrected chi connectivity index (χ3v) is 4.35. The second kappa shape index (κ2) is 6.56. The summed E-state index contributed by atoms with van der Waals surface area (Å²) in [7, 11) is 0. The molecule has 2 aromatic rings. The van der Waals surface area contributed by atoms with Gasteiger partial charge in [0.05, 0.1) is 15.7 Å². The zero-order valence-electron chi connectivity index (χ0n) is 11.7. The van der Waals surface area contributed by atoms with E-state index in [1.807, 2.05) is 17.1 Å². The number of aromatic nitrogens is 2. The van der Waals surface area contributed by atoms with E-state index < -0.39 is 0 Å². The molecular weight excluding hydrogens is 325 g/mol. The van der Waals surface area contributed by atoms with Crippen LogP contribution in [-0.2, 0) is 0 Å². The Balaban J connectivity index is 1.58. The Morgan fingerprint density at radius 2 is 1.95 bits per heavy atom. The van der Waals surface area contributed by atoms with Crippen molar-refractivity contribution in [1.29, 1.82) is 0 Å². The number of hydrogen-bond acceptors (Lipinski definition) is 4. The van der Waals surface area contributed by atoms with Gasteiger partial charge in [-0.1, -0.05) is 29.3 Å². The Morgan fingerprint density at radius 1 is 1.18 bits per heavy atom. The van der Waals surface area contributed by atoms with Gasteiger partial charge in [-0.05, 0) is 12.1 Å². The van der Waals surface area contributed by atoms with Gasteiger partial charge in [0.2, 0.25) is 0 Å². The Kier molecular flexibility index (Phi) is 4.52.